The molecule has 2 aromatic rings. The van der Waals surface area contributed by atoms with Crippen molar-refractivity contribution in [3.63, 3.8) is 0 Å². The molecule has 0 spiro atoms. The van der Waals surface area contributed by atoms with Crippen molar-refractivity contribution in [3.8, 4) is 0 Å². The third kappa shape index (κ3) is 2.17. The first kappa shape index (κ1) is 10.9. The second-order valence-corrected chi connectivity index (χ2v) is 3.47. The highest BCUT2D eigenvalue weighted by Gasteiger charge is 2.11. The monoisotopic (exact) mass is 233 g/mol. The van der Waals surface area contributed by atoms with E-state index in [1.807, 2.05) is 0 Å². The van der Waals surface area contributed by atoms with Crippen LogP contribution < -0.4 is 16.6 Å². The Kier molecular flexibility index (Phi) is 2.65. The van der Waals surface area contributed by atoms with Crippen LogP contribution in [-0.4, -0.2) is 20.7 Å². The van der Waals surface area contributed by atoms with E-state index in [4.69, 9.17) is 5.73 Å². The van der Waals surface area contributed by atoms with E-state index in [1.54, 1.807) is 7.05 Å². The molecule has 0 bridgehead atoms. The number of nitrogens with zero attached hydrogens (tertiary/aromatic N) is 2. The van der Waals surface area contributed by atoms with Gasteiger partial charge in [0.1, 0.15) is 0 Å². The van der Waals surface area contributed by atoms with Crippen LogP contribution in [0.5, 0.6) is 0 Å². The number of anilines is 2. The third-order valence-electron chi connectivity index (χ3n) is 2.25. The Labute approximate surface area is 96.3 Å². The number of aromatic amines is 1. The minimum Gasteiger partial charge on any atom is -0.394 e. The van der Waals surface area contributed by atoms with Gasteiger partial charge < -0.3 is 16.0 Å². The van der Waals surface area contributed by atoms with Crippen molar-refractivity contribution < 1.29 is 4.79 Å². The molecule has 7 nitrogen and oxygen atoms in total. The summed E-state index contributed by atoms with van der Waals surface area (Å²) in [6.07, 6.45) is 2.78. The summed E-state index contributed by atoms with van der Waals surface area (Å²) < 4.78 is 1.46. The highest BCUT2D eigenvalue weighted by atomic mass is 16.2. The molecule has 2 heterocycles. The fourth-order valence-corrected chi connectivity index (χ4v) is 1.34. The summed E-state index contributed by atoms with van der Waals surface area (Å²) in [5.41, 5.74) is 6.09. The molecule has 0 aliphatic heterocycles. The van der Waals surface area contributed by atoms with E-state index >= 15 is 0 Å². The number of rotatable bonds is 2. The SMILES string of the molecule is Cn1ncc(N)c1NC(=O)c1ccc(=O)[nH]c1. The lowest BCUT2D eigenvalue weighted by Crippen LogP contribution is -2.17. The van der Waals surface area contributed by atoms with Gasteiger partial charge in [-0.25, -0.2) is 0 Å². The summed E-state index contributed by atoms with van der Waals surface area (Å²) in [7, 11) is 1.67. The van der Waals surface area contributed by atoms with Gasteiger partial charge in [-0.3, -0.25) is 14.3 Å². The molecule has 17 heavy (non-hydrogen) atoms. The lowest BCUT2D eigenvalue weighted by atomic mass is 10.2. The van der Waals surface area contributed by atoms with Gasteiger partial charge in [-0.05, 0) is 6.07 Å². The number of nitrogens with two attached hydrogens (primary N) is 1. The number of amides is 1. The zero-order valence-electron chi connectivity index (χ0n) is 9.10. The van der Waals surface area contributed by atoms with Crippen LogP contribution >= 0.6 is 0 Å². The Morgan fingerprint density at radius 2 is 2.29 bits per heavy atom. The predicted octanol–water partition coefficient (Wildman–Crippen LogP) is -0.0571. The van der Waals surface area contributed by atoms with Crippen molar-refractivity contribution in [2.75, 3.05) is 11.1 Å². The molecule has 0 aromatic carbocycles. The van der Waals surface area contributed by atoms with Gasteiger partial charge in [-0.1, -0.05) is 0 Å². The molecule has 0 unspecified atom stereocenters. The standard InChI is InChI=1S/C10H11N5O2/c1-15-9(7(11)5-13-15)14-10(17)6-2-3-8(16)12-4-6/h2-5H,11H2,1H3,(H,12,16)(H,14,17). The molecule has 0 fully saturated rings. The minimum absolute atomic E-state index is 0.262. The molecule has 0 atom stereocenters. The van der Waals surface area contributed by atoms with Crippen molar-refractivity contribution in [2.45, 2.75) is 0 Å². The second-order valence-electron chi connectivity index (χ2n) is 3.47. The fraction of sp³-hybridized carbons (Fsp3) is 0.100. The van der Waals surface area contributed by atoms with Crippen molar-refractivity contribution in [1.29, 1.82) is 0 Å². The molecule has 0 aliphatic rings. The summed E-state index contributed by atoms with van der Waals surface area (Å²) >= 11 is 0. The number of aromatic nitrogens is 3. The van der Waals surface area contributed by atoms with E-state index in [9.17, 15) is 9.59 Å². The van der Waals surface area contributed by atoms with E-state index in [2.05, 4.69) is 15.4 Å². The number of hydrogen-bond donors (Lipinski definition) is 3. The quantitative estimate of drug-likeness (QED) is 0.675. The molecule has 0 aliphatic carbocycles. The van der Waals surface area contributed by atoms with Crippen molar-refractivity contribution in [2.24, 2.45) is 7.05 Å². The average Bonchev–Trinajstić information content (AvgIpc) is 2.61. The summed E-state index contributed by atoms with van der Waals surface area (Å²) in [6, 6.07) is 2.71. The predicted molar refractivity (Wildman–Crippen MR) is 62.6 cm³/mol. The van der Waals surface area contributed by atoms with Crippen LogP contribution in [0.1, 0.15) is 10.4 Å². The second kappa shape index (κ2) is 4.12. The number of nitrogen functional groups attached to an aromatic ring is 1. The maximum atomic E-state index is 11.8. The van der Waals surface area contributed by atoms with Gasteiger partial charge in [0, 0.05) is 19.3 Å². The van der Waals surface area contributed by atoms with Gasteiger partial charge in [0.05, 0.1) is 17.4 Å². The molecule has 0 saturated carbocycles. The Bertz CT molecular complexity index is 573. The highest BCUT2D eigenvalue weighted by molar-refractivity contribution is 6.04. The smallest absolute Gasteiger partial charge is 0.258 e. The lowest BCUT2D eigenvalue weighted by molar-refractivity contribution is 0.102. The van der Waals surface area contributed by atoms with Gasteiger partial charge in [0.2, 0.25) is 5.56 Å². The van der Waals surface area contributed by atoms with Crippen LogP contribution in [0.25, 0.3) is 0 Å². The molecular weight excluding hydrogens is 222 g/mol. The molecule has 0 saturated heterocycles. The van der Waals surface area contributed by atoms with Crippen LogP contribution in [0.2, 0.25) is 0 Å². The molecule has 4 N–H and O–H groups in total. The number of H-pyrrole nitrogens is 1. The van der Waals surface area contributed by atoms with Crippen LogP contribution in [-0.2, 0) is 7.05 Å². The first-order valence-corrected chi connectivity index (χ1v) is 4.85. The topological polar surface area (TPSA) is 106 Å². The normalized spacial score (nSPS) is 10.2. The van der Waals surface area contributed by atoms with Gasteiger partial charge in [0.25, 0.3) is 5.91 Å². The largest absolute Gasteiger partial charge is 0.394 e. The summed E-state index contributed by atoms with van der Waals surface area (Å²) in [5.74, 6) is 0.0535. The Morgan fingerprint density at radius 1 is 1.53 bits per heavy atom. The Balaban J connectivity index is 2.23. The van der Waals surface area contributed by atoms with Crippen molar-refractivity contribution >= 4 is 17.4 Å². The number of carbonyl (C=O) groups excluding carboxylic acids is 1. The average molecular weight is 233 g/mol. The van der Waals surface area contributed by atoms with Crippen molar-refractivity contribution in [1.82, 2.24) is 14.8 Å². The lowest BCUT2D eigenvalue weighted by Gasteiger charge is -2.05. The zero-order valence-corrected chi connectivity index (χ0v) is 9.10. The number of aryl methyl sites for hydroxylation is 1. The first-order valence-electron chi connectivity index (χ1n) is 4.85. The summed E-state index contributed by atoms with van der Waals surface area (Å²) in [5, 5.41) is 6.50. The van der Waals surface area contributed by atoms with E-state index in [0.29, 0.717) is 17.1 Å². The fourth-order valence-electron chi connectivity index (χ4n) is 1.34. The van der Waals surface area contributed by atoms with Crippen LogP contribution in [0.3, 0.4) is 0 Å². The summed E-state index contributed by atoms with van der Waals surface area (Å²) in [4.78, 5) is 25.1. The Morgan fingerprint density at radius 3 is 2.82 bits per heavy atom. The van der Waals surface area contributed by atoms with E-state index in [1.165, 1.54) is 29.2 Å². The van der Waals surface area contributed by atoms with Gasteiger partial charge >= 0.3 is 0 Å². The molecule has 2 aromatic heterocycles. The first-order chi connectivity index (χ1) is 8.08. The highest BCUT2D eigenvalue weighted by Crippen LogP contribution is 2.16. The number of carbonyl (C=O) groups is 1. The summed E-state index contributed by atoms with van der Waals surface area (Å²) in [6.45, 7) is 0. The maximum absolute atomic E-state index is 11.8. The molecule has 2 rings (SSSR count). The number of pyridine rings is 1. The molecule has 7 heteroatoms. The molecule has 0 radical (unpaired) electrons. The van der Waals surface area contributed by atoms with Gasteiger partial charge in [-0.15, -0.1) is 0 Å². The molecular formula is C10H11N5O2. The van der Waals surface area contributed by atoms with Gasteiger partial charge in [0.15, 0.2) is 5.82 Å². The third-order valence-corrected chi connectivity index (χ3v) is 2.25. The van der Waals surface area contributed by atoms with Crippen LogP contribution in [0.4, 0.5) is 11.5 Å². The van der Waals surface area contributed by atoms with Gasteiger partial charge in [-0.2, -0.15) is 5.10 Å². The van der Waals surface area contributed by atoms with Crippen LogP contribution in [0, 0.1) is 0 Å². The zero-order chi connectivity index (χ0) is 12.4. The molecule has 88 valence electrons. The number of hydrogen-bond acceptors (Lipinski definition) is 4. The van der Waals surface area contributed by atoms with E-state index < -0.39 is 0 Å². The van der Waals surface area contributed by atoms with E-state index in [-0.39, 0.29) is 11.5 Å². The minimum atomic E-state index is -0.364. The number of nitrogens with one attached hydrogen (secondary N) is 2. The maximum Gasteiger partial charge on any atom is 0.258 e. The molecule has 1 amide bonds. The van der Waals surface area contributed by atoms with Crippen LogP contribution in [0.15, 0.2) is 29.3 Å². The Hall–Kier alpha value is -2.57. The van der Waals surface area contributed by atoms with Crippen molar-refractivity contribution in [3.05, 3.63) is 40.4 Å². The van der Waals surface area contributed by atoms with E-state index in [0.717, 1.165) is 0 Å².